The van der Waals surface area contributed by atoms with Gasteiger partial charge in [-0.2, -0.15) is 0 Å². The van der Waals surface area contributed by atoms with Gasteiger partial charge in [-0.15, -0.1) is 11.3 Å². The Bertz CT molecular complexity index is 596. The molecule has 5 heteroatoms. The van der Waals surface area contributed by atoms with Crippen molar-refractivity contribution >= 4 is 11.3 Å². The lowest BCUT2D eigenvalue weighted by Crippen LogP contribution is -2.03. The number of thiazole rings is 1. The molecule has 0 spiro atoms. The van der Waals surface area contributed by atoms with Crippen molar-refractivity contribution in [1.29, 1.82) is 0 Å². The first-order valence-corrected chi connectivity index (χ1v) is 7.82. The monoisotopic (exact) mass is 306 g/mol. The summed E-state index contributed by atoms with van der Waals surface area (Å²) >= 11 is 1.65. The van der Waals surface area contributed by atoms with Gasteiger partial charge in [0.15, 0.2) is 0 Å². The van der Waals surface area contributed by atoms with Crippen molar-refractivity contribution in [3.8, 4) is 5.75 Å². The summed E-state index contributed by atoms with van der Waals surface area (Å²) in [6.45, 7) is 5.81. The lowest BCUT2D eigenvalue weighted by Gasteiger charge is -2.09. The van der Waals surface area contributed by atoms with Crippen LogP contribution in [0.15, 0.2) is 18.2 Å². The highest BCUT2D eigenvalue weighted by atomic mass is 32.1. The summed E-state index contributed by atoms with van der Waals surface area (Å²) in [4.78, 5) is 5.67. The molecule has 21 heavy (non-hydrogen) atoms. The average Bonchev–Trinajstić information content (AvgIpc) is 2.86. The molecule has 0 unspecified atom stereocenters. The molecule has 0 aliphatic rings. The number of nitrogens with two attached hydrogens (primary N) is 1. The Labute approximate surface area is 129 Å². The quantitative estimate of drug-likeness (QED) is 0.854. The molecule has 0 fully saturated rings. The highest BCUT2D eigenvalue weighted by molar-refractivity contribution is 7.11. The fourth-order valence-electron chi connectivity index (χ4n) is 2.08. The Hall–Kier alpha value is -1.43. The summed E-state index contributed by atoms with van der Waals surface area (Å²) in [5, 5.41) is 1.05. The van der Waals surface area contributed by atoms with E-state index >= 15 is 0 Å². The van der Waals surface area contributed by atoms with Gasteiger partial charge in [-0.3, -0.25) is 0 Å². The normalized spacial score (nSPS) is 10.9. The molecule has 1 aromatic heterocycles. The van der Waals surface area contributed by atoms with Gasteiger partial charge in [0, 0.05) is 25.0 Å². The number of rotatable bonds is 7. The molecular formula is C16H22N2O2S. The van der Waals surface area contributed by atoms with Gasteiger partial charge >= 0.3 is 0 Å². The third kappa shape index (κ3) is 4.03. The van der Waals surface area contributed by atoms with Gasteiger partial charge < -0.3 is 15.2 Å². The van der Waals surface area contributed by atoms with E-state index in [9.17, 15) is 0 Å². The molecule has 114 valence electrons. The van der Waals surface area contributed by atoms with Crippen molar-refractivity contribution in [1.82, 2.24) is 4.98 Å². The SMILES string of the molecule is COCc1nc(CCOc2cccc(C)c2C)sc1CN. The fourth-order valence-corrected chi connectivity index (χ4v) is 3.01. The van der Waals surface area contributed by atoms with Crippen LogP contribution in [0.25, 0.3) is 0 Å². The molecule has 4 nitrogen and oxygen atoms in total. The largest absolute Gasteiger partial charge is 0.493 e. The Morgan fingerprint density at radius 2 is 2.10 bits per heavy atom. The van der Waals surface area contributed by atoms with Crippen LogP contribution in [0, 0.1) is 13.8 Å². The van der Waals surface area contributed by atoms with E-state index in [2.05, 4.69) is 24.9 Å². The van der Waals surface area contributed by atoms with Crippen LogP contribution in [0.3, 0.4) is 0 Å². The van der Waals surface area contributed by atoms with Crippen LogP contribution < -0.4 is 10.5 Å². The minimum Gasteiger partial charge on any atom is -0.493 e. The zero-order valence-corrected chi connectivity index (χ0v) is 13.6. The molecular weight excluding hydrogens is 284 g/mol. The molecule has 0 aliphatic carbocycles. The molecule has 0 atom stereocenters. The van der Waals surface area contributed by atoms with E-state index in [-0.39, 0.29) is 0 Å². The zero-order valence-electron chi connectivity index (χ0n) is 12.8. The summed E-state index contributed by atoms with van der Waals surface area (Å²) in [7, 11) is 1.67. The fraction of sp³-hybridized carbons (Fsp3) is 0.438. The molecule has 0 amide bonds. The van der Waals surface area contributed by atoms with E-state index in [0.717, 1.165) is 27.7 Å². The maximum atomic E-state index is 5.87. The summed E-state index contributed by atoms with van der Waals surface area (Å²) in [5.41, 5.74) is 9.12. The van der Waals surface area contributed by atoms with Crippen LogP contribution in [0.4, 0.5) is 0 Å². The Kier molecular flexibility index (Phi) is 5.73. The number of hydrogen-bond donors (Lipinski definition) is 1. The standard InChI is InChI=1S/C16H22N2O2S/c1-11-5-4-6-14(12(11)2)20-8-7-16-18-13(10-19-3)15(9-17)21-16/h4-6H,7-10,17H2,1-3H3. The molecule has 2 aromatic rings. The molecule has 0 saturated heterocycles. The van der Waals surface area contributed by atoms with E-state index in [0.29, 0.717) is 19.8 Å². The number of aromatic nitrogens is 1. The third-order valence-corrected chi connectivity index (χ3v) is 4.60. The predicted octanol–water partition coefficient (Wildman–Crippen LogP) is 2.99. The Balaban J connectivity index is 1.95. The van der Waals surface area contributed by atoms with E-state index in [1.807, 2.05) is 12.1 Å². The lowest BCUT2D eigenvalue weighted by atomic mass is 10.1. The van der Waals surface area contributed by atoms with Crippen molar-refractivity contribution < 1.29 is 9.47 Å². The first kappa shape index (κ1) is 15.9. The maximum absolute atomic E-state index is 5.87. The molecule has 2 rings (SSSR count). The van der Waals surface area contributed by atoms with Crippen molar-refractivity contribution in [2.75, 3.05) is 13.7 Å². The average molecular weight is 306 g/mol. The highest BCUT2D eigenvalue weighted by Crippen LogP contribution is 2.22. The topological polar surface area (TPSA) is 57.4 Å². The molecule has 1 heterocycles. The number of aryl methyl sites for hydroxylation is 1. The molecule has 2 N–H and O–H groups in total. The molecule has 0 radical (unpaired) electrons. The second-order valence-electron chi connectivity index (χ2n) is 4.91. The van der Waals surface area contributed by atoms with Gasteiger partial charge in [-0.1, -0.05) is 12.1 Å². The highest BCUT2D eigenvalue weighted by Gasteiger charge is 2.10. The van der Waals surface area contributed by atoms with E-state index in [4.69, 9.17) is 15.2 Å². The number of hydrogen-bond acceptors (Lipinski definition) is 5. The van der Waals surface area contributed by atoms with E-state index in [1.165, 1.54) is 11.1 Å². The Morgan fingerprint density at radius 3 is 2.81 bits per heavy atom. The zero-order chi connectivity index (χ0) is 15.2. The lowest BCUT2D eigenvalue weighted by molar-refractivity contribution is 0.181. The summed E-state index contributed by atoms with van der Waals surface area (Å²) in [6.07, 6.45) is 0.786. The van der Waals surface area contributed by atoms with E-state index in [1.54, 1.807) is 18.4 Å². The first-order chi connectivity index (χ1) is 10.2. The maximum Gasteiger partial charge on any atom is 0.122 e. The van der Waals surface area contributed by atoms with Gasteiger partial charge in [0.25, 0.3) is 0 Å². The van der Waals surface area contributed by atoms with Crippen LogP contribution in [-0.4, -0.2) is 18.7 Å². The van der Waals surface area contributed by atoms with E-state index < -0.39 is 0 Å². The first-order valence-electron chi connectivity index (χ1n) is 7.01. The van der Waals surface area contributed by atoms with Crippen molar-refractivity contribution in [2.45, 2.75) is 33.4 Å². The van der Waals surface area contributed by atoms with Crippen LogP contribution >= 0.6 is 11.3 Å². The number of ether oxygens (including phenoxy) is 2. The van der Waals surface area contributed by atoms with Crippen molar-refractivity contribution in [3.05, 3.63) is 44.9 Å². The number of benzene rings is 1. The van der Waals surface area contributed by atoms with Gasteiger partial charge in [-0.25, -0.2) is 4.98 Å². The van der Waals surface area contributed by atoms with Crippen LogP contribution in [0.5, 0.6) is 5.75 Å². The van der Waals surface area contributed by atoms with Crippen molar-refractivity contribution in [3.63, 3.8) is 0 Å². The number of nitrogens with zero attached hydrogens (tertiary/aromatic N) is 1. The molecule has 0 saturated carbocycles. The van der Waals surface area contributed by atoms with Crippen molar-refractivity contribution in [2.24, 2.45) is 5.73 Å². The van der Waals surface area contributed by atoms with Gasteiger partial charge in [0.05, 0.1) is 23.9 Å². The molecule has 1 aromatic carbocycles. The molecule has 0 bridgehead atoms. The smallest absolute Gasteiger partial charge is 0.122 e. The summed E-state index contributed by atoms with van der Waals surface area (Å²) < 4.78 is 11.0. The summed E-state index contributed by atoms with van der Waals surface area (Å²) in [5.74, 6) is 0.947. The predicted molar refractivity (Wildman–Crippen MR) is 85.8 cm³/mol. The van der Waals surface area contributed by atoms with Gasteiger partial charge in [0.1, 0.15) is 5.75 Å². The Morgan fingerprint density at radius 1 is 1.29 bits per heavy atom. The second kappa shape index (κ2) is 7.54. The molecule has 0 aliphatic heterocycles. The number of methoxy groups -OCH3 is 1. The van der Waals surface area contributed by atoms with Gasteiger partial charge in [-0.05, 0) is 31.0 Å². The third-order valence-electron chi connectivity index (χ3n) is 3.42. The minimum atomic E-state index is 0.508. The minimum absolute atomic E-state index is 0.508. The van der Waals surface area contributed by atoms with Crippen LogP contribution in [-0.2, 0) is 24.3 Å². The van der Waals surface area contributed by atoms with Crippen LogP contribution in [0.1, 0.15) is 26.7 Å². The van der Waals surface area contributed by atoms with Gasteiger partial charge in [0.2, 0.25) is 0 Å². The second-order valence-corrected chi connectivity index (χ2v) is 6.08. The summed E-state index contributed by atoms with van der Waals surface area (Å²) in [6, 6.07) is 6.11. The van der Waals surface area contributed by atoms with Crippen LogP contribution in [0.2, 0.25) is 0 Å².